The summed E-state index contributed by atoms with van der Waals surface area (Å²) in [6, 6.07) is 16.3. The largest absolute Gasteiger partial charge is 0.388 e. The van der Waals surface area contributed by atoms with Crippen molar-refractivity contribution in [1.29, 1.82) is 0 Å². The Labute approximate surface area is 131 Å². The molecule has 0 aliphatic rings. The highest BCUT2D eigenvalue weighted by Crippen LogP contribution is 2.21. The summed E-state index contributed by atoms with van der Waals surface area (Å²) >= 11 is 0. The lowest BCUT2D eigenvalue weighted by atomic mass is 9.95. The summed E-state index contributed by atoms with van der Waals surface area (Å²) < 4.78 is 4.25. The number of Topliss-reactive ketones (excluding diaryl/α,β-unsaturated/α-hetero) is 1. The summed E-state index contributed by atoms with van der Waals surface area (Å²) in [5.41, 5.74) is 2.05. The number of methoxy groups -OCH3 is 1. The standard InChI is InChI=1S/C17H16O2.C2H6O/c1-2-8-13-9-6-7-12-15(13)17(19)16(18)14-10-4-3-5-11-14;1-3-2/h2-7,9-12,16,18H,1,8H2;1-2H3. The maximum atomic E-state index is 12.4. The Hall–Kier alpha value is -2.23. The van der Waals surface area contributed by atoms with Crippen LogP contribution in [0.15, 0.2) is 67.3 Å². The Morgan fingerprint density at radius 3 is 2.27 bits per heavy atom. The smallest absolute Gasteiger partial charge is 0.196 e. The van der Waals surface area contributed by atoms with E-state index in [1.54, 1.807) is 44.6 Å². The van der Waals surface area contributed by atoms with E-state index in [1.165, 1.54) is 0 Å². The van der Waals surface area contributed by atoms with E-state index in [2.05, 4.69) is 11.3 Å². The topological polar surface area (TPSA) is 46.5 Å². The molecule has 116 valence electrons. The van der Waals surface area contributed by atoms with Gasteiger partial charge in [0.25, 0.3) is 0 Å². The number of ether oxygens (including phenoxy) is 1. The first-order valence-electron chi connectivity index (χ1n) is 7.01. The Bertz CT molecular complexity index is 591. The van der Waals surface area contributed by atoms with Crippen LogP contribution in [0.2, 0.25) is 0 Å². The zero-order valence-corrected chi connectivity index (χ0v) is 13.0. The van der Waals surface area contributed by atoms with Gasteiger partial charge in [0.15, 0.2) is 5.78 Å². The second-order valence-electron chi connectivity index (χ2n) is 4.74. The van der Waals surface area contributed by atoms with Crippen molar-refractivity contribution in [1.82, 2.24) is 0 Å². The number of rotatable bonds is 5. The highest BCUT2D eigenvalue weighted by atomic mass is 16.4. The van der Waals surface area contributed by atoms with Crippen LogP contribution in [0.25, 0.3) is 0 Å². The summed E-state index contributed by atoms with van der Waals surface area (Å²) in [5.74, 6) is -0.274. The van der Waals surface area contributed by atoms with Gasteiger partial charge in [0.1, 0.15) is 6.10 Å². The highest BCUT2D eigenvalue weighted by molar-refractivity contribution is 6.01. The maximum absolute atomic E-state index is 12.4. The minimum Gasteiger partial charge on any atom is -0.388 e. The summed E-state index contributed by atoms with van der Waals surface area (Å²) in [7, 11) is 3.25. The van der Waals surface area contributed by atoms with E-state index in [4.69, 9.17) is 0 Å². The van der Waals surface area contributed by atoms with Crippen LogP contribution in [0, 0.1) is 0 Å². The van der Waals surface area contributed by atoms with Crippen molar-refractivity contribution < 1.29 is 14.6 Å². The molecule has 2 aromatic rings. The Kier molecular flexibility index (Phi) is 7.83. The first-order valence-corrected chi connectivity index (χ1v) is 7.01. The predicted octanol–water partition coefficient (Wildman–Crippen LogP) is 3.59. The zero-order chi connectivity index (χ0) is 16.4. The lowest BCUT2D eigenvalue weighted by molar-refractivity contribution is 0.0746. The van der Waals surface area contributed by atoms with Crippen molar-refractivity contribution in [2.24, 2.45) is 0 Å². The molecule has 0 radical (unpaired) electrons. The van der Waals surface area contributed by atoms with Crippen LogP contribution in [0.4, 0.5) is 0 Å². The predicted molar refractivity (Wildman–Crippen MR) is 89.0 cm³/mol. The number of hydrogen-bond donors (Lipinski definition) is 1. The normalized spacial score (nSPS) is 11.0. The Morgan fingerprint density at radius 1 is 1.14 bits per heavy atom. The van der Waals surface area contributed by atoms with Crippen LogP contribution in [0.5, 0.6) is 0 Å². The molecule has 1 atom stereocenters. The van der Waals surface area contributed by atoms with E-state index >= 15 is 0 Å². The molecule has 0 aliphatic heterocycles. The van der Waals surface area contributed by atoms with Crippen LogP contribution >= 0.6 is 0 Å². The molecular weight excluding hydrogens is 276 g/mol. The summed E-state index contributed by atoms with van der Waals surface area (Å²) in [6.07, 6.45) is 1.25. The second-order valence-corrected chi connectivity index (χ2v) is 4.74. The SMILES string of the molecule is C=CCc1ccccc1C(=O)C(O)c1ccccc1.COC. The van der Waals surface area contributed by atoms with Gasteiger partial charge < -0.3 is 9.84 Å². The molecular formula is C19H22O3. The summed E-state index contributed by atoms with van der Waals surface area (Å²) in [5, 5.41) is 10.2. The van der Waals surface area contributed by atoms with E-state index in [9.17, 15) is 9.90 Å². The molecule has 22 heavy (non-hydrogen) atoms. The van der Waals surface area contributed by atoms with Gasteiger partial charge in [0.05, 0.1) is 0 Å². The maximum Gasteiger partial charge on any atom is 0.196 e. The summed E-state index contributed by atoms with van der Waals surface area (Å²) in [4.78, 5) is 12.4. The van der Waals surface area contributed by atoms with Crippen molar-refractivity contribution in [3.8, 4) is 0 Å². The third-order valence-corrected chi connectivity index (χ3v) is 3.01. The number of benzene rings is 2. The lowest BCUT2D eigenvalue weighted by Crippen LogP contribution is -2.14. The van der Waals surface area contributed by atoms with Crippen LogP contribution in [-0.4, -0.2) is 25.1 Å². The molecule has 0 heterocycles. The molecule has 0 aromatic heterocycles. The van der Waals surface area contributed by atoms with Gasteiger partial charge in [0.2, 0.25) is 0 Å². The number of hydrogen-bond acceptors (Lipinski definition) is 3. The molecule has 1 unspecified atom stereocenters. The Balaban J connectivity index is 0.000000745. The van der Waals surface area contributed by atoms with Crippen molar-refractivity contribution in [2.45, 2.75) is 12.5 Å². The molecule has 0 saturated heterocycles. The number of ketones is 1. The molecule has 0 spiro atoms. The van der Waals surface area contributed by atoms with Gasteiger partial charge in [-0.05, 0) is 17.5 Å². The fourth-order valence-corrected chi connectivity index (χ4v) is 2.03. The van der Waals surface area contributed by atoms with Crippen LogP contribution < -0.4 is 0 Å². The minimum absolute atomic E-state index is 0.274. The molecule has 0 bridgehead atoms. The zero-order valence-electron chi connectivity index (χ0n) is 13.0. The average Bonchev–Trinajstić information content (AvgIpc) is 2.56. The highest BCUT2D eigenvalue weighted by Gasteiger charge is 2.20. The minimum atomic E-state index is -1.12. The van der Waals surface area contributed by atoms with Gasteiger partial charge in [-0.25, -0.2) is 0 Å². The van der Waals surface area contributed by atoms with E-state index in [0.29, 0.717) is 17.5 Å². The fourth-order valence-electron chi connectivity index (χ4n) is 2.03. The van der Waals surface area contributed by atoms with Gasteiger partial charge in [-0.15, -0.1) is 6.58 Å². The molecule has 1 N–H and O–H groups in total. The van der Waals surface area contributed by atoms with E-state index in [-0.39, 0.29) is 5.78 Å². The second kappa shape index (κ2) is 9.66. The van der Waals surface area contributed by atoms with Gasteiger partial charge in [-0.2, -0.15) is 0 Å². The number of carbonyl (C=O) groups excluding carboxylic acids is 1. The fraction of sp³-hybridized carbons (Fsp3) is 0.211. The third kappa shape index (κ3) is 4.95. The van der Waals surface area contributed by atoms with Crippen molar-refractivity contribution in [2.75, 3.05) is 14.2 Å². The van der Waals surface area contributed by atoms with Crippen LogP contribution in [0.1, 0.15) is 27.6 Å². The van der Waals surface area contributed by atoms with E-state index in [0.717, 1.165) is 5.56 Å². The van der Waals surface area contributed by atoms with Gasteiger partial charge in [-0.3, -0.25) is 4.79 Å². The first kappa shape index (κ1) is 17.8. The molecule has 0 aliphatic carbocycles. The molecule has 2 rings (SSSR count). The number of aliphatic hydroxyl groups is 1. The van der Waals surface area contributed by atoms with Gasteiger partial charge >= 0.3 is 0 Å². The average molecular weight is 298 g/mol. The number of aliphatic hydroxyl groups excluding tert-OH is 1. The summed E-state index contributed by atoms with van der Waals surface area (Å²) in [6.45, 7) is 3.69. The van der Waals surface area contributed by atoms with Gasteiger partial charge in [0, 0.05) is 19.8 Å². The lowest BCUT2D eigenvalue weighted by Gasteiger charge is -2.12. The van der Waals surface area contributed by atoms with Crippen molar-refractivity contribution in [3.63, 3.8) is 0 Å². The molecule has 2 aromatic carbocycles. The monoisotopic (exact) mass is 298 g/mol. The van der Waals surface area contributed by atoms with Gasteiger partial charge in [-0.1, -0.05) is 60.7 Å². The van der Waals surface area contributed by atoms with Crippen LogP contribution in [-0.2, 0) is 11.2 Å². The third-order valence-electron chi connectivity index (χ3n) is 3.01. The Morgan fingerprint density at radius 2 is 1.68 bits per heavy atom. The molecule has 0 saturated carbocycles. The molecule has 0 fully saturated rings. The first-order chi connectivity index (χ1) is 10.7. The number of carbonyl (C=O) groups is 1. The van der Waals surface area contributed by atoms with E-state index < -0.39 is 6.10 Å². The van der Waals surface area contributed by atoms with Crippen molar-refractivity contribution in [3.05, 3.63) is 83.9 Å². The van der Waals surface area contributed by atoms with E-state index in [1.807, 2.05) is 30.3 Å². The molecule has 3 heteroatoms. The number of allylic oxidation sites excluding steroid dienone is 1. The quantitative estimate of drug-likeness (QED) is 0.678. The molecule has 0 amide bonds. The van der Waals surface area contributed by atoms with Crippen molar-refractivity contribution >= 4 is 5.78 Å². The molecule has 3 nitrogen and oxygen atoms in total. The van der Waals surface area contributed by atoms with Crippen LogP contribution in [0.3, 0.4) is 0 Å².